The molecule has 5 heteroatoms. The molecule has 3 rings (SSSR count). The highest BCUT2D eigenvalue weighted by Crippen LogP contribution is 2.24. The van der Waals surface area contributed by atoms with Crippen LogP contribution in [0.3, 0.4) is 0 Å². The second-order valence-electron chi connectivity index (χ2n) is 7.10. The summed E-state index contributed by atoms with van der Waals surface area (Å²) >= 11 is 6.48. The molecule has 27 heavy (non-hydrogen) atoms. The van der Waals surface area contributed by atoms with Gasteiger partial charge < -0.3 is 10.2 Å². The van der Waals surface area contributed by atoms with Gasteiger partial charge in [-0.2, -0.15) is 0 Å². The van der Waals surface area contributed by atoms with Crippen LogP contribution in [0, 0.1) is 13.8 Å². The molecule has 0 fully saturated rings. The lowest BCUT2D eigenvalue weighted by molar-refractivity contribution is -0.907. The van der Waals surface area contributed by atoms with Crippen LogP contribution in [-0.2, 0) is 13.1 Å². The monoisotopic (exact) mass is 382 g/mol. The van der Waals surface area contributed by atoms with Crippen LogP contribution in [-0.4, -0.2) is 25.0 Å². The zero-order valence-electron chi connectivity index (χ0n) is 16.2. The Morgan fingerprint density at radius 3 is 2.48 bits per heavy atom. The van der Waals surface area contributed by atoms with Crippen molar-refractivity contribution >= 4 is 28.4 Å². The van der Waals surface area contributed by atoms with Gasteiger partial charge in [0.1, 0.15) is 18.2 Å². The largest absolute Gasteiger partial charge is 0.355 e. The molecule has 1 amide bonds. The Bertz CT molecular complexity index is 983. The predicted molar refractivity (Wildman–Crippen MR) is 110 cm³/mol. The Morgan fingerprint density at radius 1 is 1.11 bits per heavy atom. The second-order valence-corrected chi connectivity index (χ2v) is 7.46. The molecule has 1 aromatic heterocycles. The number of hydrogen-bond acceptors (Lipinski definition) is 2. The van der Waals surface area contributed by atoms with E-state index in [1.54, 1.807) is 7.05 Å². The van der Waals surface area contributed by atoms with Crippen molar-refractivity contribution in [1.82, 2.24) is 10.3 Å². The number of hydrogen-bond donors (Lipinski definition) is 2. The third-order valence-electron chi connectivity index (χ3n) is 4.98. The van der Waals surface area contributed by atoms with E-state index in [0.29, 0.717) is 10.7 Å². The van der Waals surface area contributed by atoms with Gasteiger partial charge >= 0.3 is 0 Å². The average molecular weight is 383 g/mol. The van der Waals surface area contributed by atoms with E-state index in [9.17, 15) is 4.79 Å². The Kier molecular flexibility index (Phi) is 5.78. The van der Waals surface area contributed by atoms with E-state index in [0.717, 1.165) is 29.6 Å². The minimum absolute atomic E-state index is 0.0678. The van der Waals surface area contributed by atoms with Gasteiger partial charge in [0.25, 0.3) is 5.91 Å². The molecule has 1 unspecified atom stereocenters. The van der Waals surface area contributed by atoms with Gasteiger partial charge in [0.05, 0.1) is 12.6 Å². The van der Waals surface area contributed by atoms with Crippen molar-refractivity contribution in [2.24, 2.45) is 0 Å². The van der Waals surface area contributed by atoms with E-state index in [-0.39, 0.29) is 5.91 Å². The Balaban J connectivity index is 1.75. The van der Waals surface area contributed by atoms with Crippen molar-refractivity contribution in [2.75, 3.05) is 14.1 Å². The van der Waals surface area contributed by atoms with Crippen LogP contribution in [0.2, 0.25) is 5.15 Å². The molecule has 1 heterocycles. The first-order chi connectivity index (χ1) is 12.9. The number of pyridine rings is 1. The number of fused-ring (bicyclic) bond motifs is 1. The highest BCUT2D eigenvalue weighted by molar-refractivity contribution is 6.30. The van der Waals surface area contributed by atoms with Gasteiger partial charge in [0.15, 0.2) is 0 Å². The fourth-order valence-corrected chi connectivity index (χ4v) is 3.49. The van der Waals surface area contributed by atoms with Gasteiger partial charge in [-0.05, 0) is 43.2 Å². The summed E-state index contributed by atoms with van der Waals surface area (Å²) in [5, 5.41) is 4.34. The van der Waals surface area contributed by atoms with Crippen molar-refractivity contribution in [3.05, 3.63) is 75.4 Å². The lowest BCUT2D eigenvalue weighted by Gasteiger charge is -2.16. The molecule has 2 N–H and O–H groups in total. The summed E-state index contributed by atoms with van der Waals surface area (Å²) in [4.78, 5) is 17.6. The van der Waals surface area contributed by atoms with Crippen LogP contribution in [0.5, 0.6) is 0 Å². The second kappa shape index (κ2) is 8.07. The van der Waals surface area contributed by atoms with E-state index in [4.69, 9.17) is 11.6 Å². The summed E-state index contributed by atoms with van der Waals surface area (Å²) in [6.07, 6.45) is 0. The summed E-state index contributed by atoms with van der Waals surface area (Å²) in [7, 11) is 3.77. The topological polar surface area (TPSA) is 46.4 Å². The number of carbonyl (C=O) groups excluding carboxylic acids is 1. The number of aryl methyl sites for hydroxylation is 2. The minimum atomic E-state index is -0.0678. The summed E-state index contributed by atoms with van der Waals surface area (Å²) in [6.45, 7) is 5.80. The van der Waals surface area contributed by atoms with Gasteiger partial charge in [-0.25, -0.2) is 4.98 Å². The van der Waals surface area contributed by atoms with Crippen LogP contribution in [0.15, 0.2) is 42.5 Å². The third kappa shape index (κ3) is 4.29. The van der Waals surface area contributed by atoms with Crippen LogP contribution >= 0.6 is 11.6 Å². The molecule has 0 saturated heterocycles. The van der Waals surface area contributed by atoms with E-state index >= 15 is 0 Å². The third-order valence-corrected chi connectivity index (χ3v) is 5.31. The predicted octanol–water partition coefficient (Wildman–Crippen LogP) is 3.08. The molecule has 140 valence electrons. The van der Waals surface area contributed by atoms with Crippen LogP contribution < -0.4 is 10.2 Å². The van der Waals surface area contributed by atoms with Gasteiger partial charge in [0, 0.05) is 29.1 Å². The molecule has 0 radical (unpaired) electrons. The molecular formula is C22H25ClN3O+. The number of nitrogens with zero attached hydrogens (tertiary/aromatic N) is 1. The van der Waals surface area contributed by atoms with E-state index < -0.39 is 0 Å². The maximum absolute atomic E-state index is 11.6. The van der Waals surface area contributed by atoms with Crippen LogP contribution in [0.4, 0.5) is 0 Å². The number of halogens is 1. The Labute approximate surface area is 165 Å². The number of benzene rings is 2. The maximum Gasteiger partial charge on any atom is 0.251 e. The standard InChI is InChI=1S/C22H24ClN3O/c1-14-5-8-18-11-19(21(23)25-20(18)15(14)2)13-26(4)12-16-6-9-17(10-7-16)22(27)24-3/h5-11H,12-13H2,1-4H3,(H,24,27)/p+1. The van der Waals surface area contributed by atoms with Crippen molar-refractivity contribution in [1.29, 1.82) is 0 Å². The van der Waals surface area contributed by atoms with Crippen molar-refractivity contribution in [3.63, 3.8) is 0 Å². The number of carbonyl (C=O) groups is 1. The van der Waals surface area contributed by atoms with Gasteiger partial charge in [-0.1, -0.05) is 35.9 Å². The van der Waals surface area contributed by atoms with Gasteiger partial charge in [0.2, 0.25) is 0 Å². The Morgan fingerprint density at radius 2 is 1.81 bits per heavy atom. The van der Waals surface area contributed by atoms with Crippen molar-refractivity contribution in [2.45, 2.75) is 26.9 Å². The number of quaternary nitrogens is 1. The first kappa shape index (κ1) is 19.3. The number of aromatic nitrogens is 1. The molecule has 0 bridgehead atoms. The molecular weight excluding hydrogens is 358 g/mol. The molecule has 0 aliphatic heterocycles. The van der Waals surface area contributed by atoms with Crippen LogP contribution in [0.1, 0.15) is 32.6 Å². The van der Waals surface area contributed by atoms with Gasteiger partial charge in [-0.15, -0.1) is 0 Å². The summed E-state index contributed by atoms with van der Waals surface area (Å²) in [5.74, 6) is -0.0678. The zero-order valence-corrected chi connectivity index (χ0v) is 16.9. The average Bonchev–Trinajstić information content (AvgIpc) is 2.66. The van der Waals surface area contributed by atoms with Crippen LogP contribution in [0.25, 0.3) is 10.9 Å². The maximum atomic E-state index is 11.6. The molecule has 1 atom stereocenters. The lowest BCUT2D eigenvalue weighted by Crippen LogP contribution is -3.06. The fourth-order valence-electron chi connectivity index (χ4n) is 3.28. The first-order valence-corrected chi connectivity index (χ1v) is 9.44. The highest BCUT2D eigenvalue weighted by Gasteiger charge is 2.13. The summed E-state index contributed by atoms with van der Waals surface area (Å²) in [6, 6.07) is 14.1. The number of nitrogens with one attached hydrogen (secondary N) is 2. The zero-order chi connectivity index (χ0) is 19.6. The van der Waals surface area contributed by atoms with Crippen molar-refractivity contribution < 1.29 is 9.69 Å². The van der Waals surface area contributed by atoms with E-state index in [1.165, 1.54) is 21.6 Å². The summed E-state index contributed by atoms with van der Waals surface area (Å²) in [5.41, 5.74) is 6.28. The molecule has 3 aromatic rings. The number of amides is 1. The quantitative estimate of drug-likeness (QED) is 0.666. The first-order valence-electron chi connectivity index (χ1n) is 9.06. The Hall–Kier alpha value is -2.43. The minimum Gasteiger partial charge on any atom is -0.355 e. The normalized spacial score (nSPS) is 12.2. The fraction of sp³-hybridized carbons (Fsp3) is 0.273. The van der Waals surface area contributed by atoms with E-state index in [1.807, 2.05) is 24.3 Å². The van der Waals surface area contributed by atoms with E-state index in [2.05, 4.69) is 49.4 Å². The molecule has 0 aliphatic rings. The molecule has 0 aliphatic carbocycles. The highest BCUT2D eigenvalue weighted by atomic mass is 35.5. The molecule has 0 spiro atoms. The van der Waals surface area contributed by atoms with Crippen molar-refractivity contribution in [3.8, 4) is 0 Å². The molecule has 2 aromatic carbocycles. The summed E-state index contributed by atoms with van der Waals surface area (Å²) < 4.78 is 0. The number of rotatable bonds is 5. The lowest BCUT2D eigenvalue weighted by atomic mass is 10.0. The molecule has 4 nitrogen and oxygen atoms in total. The SMILES string of the molecule is CNC(=O)c1ccc(C[NH+](C)Cc2cc3ccc(C)c(C)c3nc2Cl)cc1. The molecule has 0 saturated carbocycles. The smallest absolute Gasteiger partial charge is 0.251 e. The van der Waals surface area contributed by atoms with Gasteiger partial charge in [-0.3, -0.25) is 4.79 Å².